The Bertz CT molecular complexity index is 1010. The van der Waals surface area contributed by atoms with Gasteiger partial charge >= 0.3 is 0 Å². The number of rotatable bonds is 15. The summed E-state index contributed by atoms with van der Waals surface area (Å²) >= 11 is 0. The van der Waals surface area contributed by atoms with Crippen LogP contribution in [0.1, 0.15) is 84.6 Å². The minimum Gasteiger partial charge on any atom is -0.350 e. The number of hydrogen-bond donors (Lipinski definition) is 3. The number of carbonyl (C=O) groups excluding carboxylic acids is 3. The quantitative estimate of drug-likeness (QED) is 0.124. The first kappa shape index (κ1) is 32.9. The fourth-order valence-electron chi connectivity index (χ4n) is 6.31. The SMILES string of the molecule is CCCC(CC(C)C)(C(=O)NN)C(=O)[C@@H]([C@H](C/C=C/c1ccccc1)C(=O)NOC1CCCCO1)N1CCC(C)C1. The van der Waals surface area contributed by atoms with Crippen molar-refractivity contribution in [2.45, 2.75) is 91.4 Å². The van der Waals surface area contributed by atoms with Crippen LogP contribution in [0, 0.1) is 23.2 Å². The van der Waals surface area contributed by atoms with Crippen LogP contribution >= 0.6 is 0 Å². The summed E-state index contributed by atoms with van der Waals surface area (Å²) in [5, 5.41) is 0. The van der Waals surface area contributed by atoms with Gasteiger partial charge in [-0.1, -0.05) is 76.6 Å². The average molecular weight is 571 g/mol. The topological polar surface area (TPSA) is 123 Å². The van der Waals surface area contributed by atoms with E-state index in [4.69, 9.17) is 15.4 Å². The molecule has 2 aliphatic heterocycles. The number of Topliss-reactive ketones (excluding diaryl/α,β-unsaturated/α-hetero) is 1. The van der Waals surface area contributed by atoms with Crippen LogP contribution in [0.5, 0.6) is 0 Å². The van der Waals surface area contributed by atoms with E-state index in [0.29, 0.717) is 57.7 Å². The number of nitrogens with one attached hydrogen (secondary N) is 2. The van der Waals surface area contributed by atoms with Crippen molar-refractivity contribution in [1.82, 2.24) is 15.8 Å². The molecule has 228 valence electrons. The molecule has 2 fully saturated rings. The number of hydroxylamine groups is 1. The van der Waals surface area contributed by atoms with Gasteiger partial charge in [0.15, 0.2) is 12.1 Å². The normalized spacial score (nSPS) is 22.8. The van der Waals surface area contributed by atoms with E-state index >= 15 is 0 Å². The lowest BCUT2D eigenvalue weighted by Gasteiger charge is -2.40. The standard InChI is InChI=1S/C32H50N4O5/c1-5-18-32(21-23(2)3,31(39)34-33)29(37)28(36-19-17-24(4)22-36)26(15-11-14-25-12-7-6-8-13-25)30(38)35-41-27-16-9-10-20-40-27/h6-8,11-14,23-24,26-28H,5,9-10,15-22,33H2,1-4H3,(H,34,39)(H,35,38)/b14-11+/t24?,26-,27?,28+,32?/m0/s1. The summed E-state index contributed by atoms with van der Waals surface area (Å²) in [6.07, 6.45) is 8.53. The Morgan fingerprint density at radius 1 is 1.20 bits per heavy atom. The second kappa shape index (κ2) is 16.2. The molecule has 0 spiro atoms. The van der Waals surface area contributed by atoms with E-state index in [1.165, 1.54) is 0 Å². The summed E-state index contributed by atoms with van der Waals surface area (Å²) in [4.78, 5) is 50.0. The molecule has 41 heavy (non-hydrogen) atoms. The number of allylic oxidation sites excluding steroid dienone is 1. The summed E-state index contributed by atoms with van der Waals surface area (Å²) in [6.45, 7) is 10.0. The summed E-state index contributed by atoms with van der Waals surface area (Å²) < 4.78 is 5.65. The lowest BCUT2D eigenvalue weighted by atomic mass is 9.68. The number of amides is 2. The fraction of sp³-hybridized carbons (Fsp3) is 0.656. The van der Waals surface area contributed by atoms with Gasteiger partial charge in [-0.3, -0.25) is 24.7 Å². The molecule has 9 nitrogen and oxygen atoms in total. The Balaban J connectivity index is 2.02. The van der Waals surface area contributed by atoms with E-state index in [2.05, 4.69) is 22.7 Å². The maximum absolute atomic E-state index is 14.8. The molecule has 1 aromatic rings. The Hall–Kier alpha value is -2.59. The highest BCUT2D eigenvalue weighted by atomic mass is 16.8. The first-order valence-electron chi connectivity index (χ1n) is 15.3. The zero-order valence-electron chi connectivity index (χ0n) is 25.3. The van der Waals surface area contributed by atoms with Gasteiger partial charge in [0.1, 0.15) is 5.41 Å². The number of nitrogens with two attached hydrogens (primary N) is 1. The van der Waals surface area contributed by atoms with Crippen molar-refractivity contribution < 1.29 is 24.0 Å². The van der Waals surface area contributed by atoms with Crippen LogP contribution in [0.25, 0.3) is 6.08 Å². The summed E-state index contributed by atoms with van der Waals surface area (Å²) in [5.74, 6) is 4.23. The van der Waals surface area contributed by atoms with Crippen molar-refractivity contribution >= 4 is 23.7 Å². The third-order valence-electron chi connectivity index (χ3n) is 8.23. The van der Waals surface area contributed by atoms with Crippen molar-refractivity contribution in [1.29, 1.82) is 0 Å². The van der Waals surface area contributed by atoms with Gasteiger partial charge in [-0.2, -0.15) is 0 Å². The van der Waals surface area contributed by atoms with E-state index in [9.17, 15) is 14.4 Å². The second-order valence-corrected chi connectivity index (χ2v) is 12.1. The van der Waals surface area contributed by atoms with Crippen LogP contribution in [-0.4, -0.2) is 54.5 Å². The average Bonchev–Trinajstić information content (AvgIpc) is 3.40. The zero-order valence-corrected chi connectivity index (χ0v) is 25.3. The Morgan fingerprint density at radius 3 is 2.54 bits per heavy atom. The van der Waals surface area contributed by atoms with Crippen molar-refractivity contribution in [3.05, 3.63) is 42.0 Å². The predicted octanol–water partition coefficient (Wildman–Crippen LogP) is 4.38. The monoisotopic (exact) mass is 570 g/mol. The van der Waals surface area contributed by atoms with Crippen LogP contribution in [0.2, 0.25) is 0 Å². The summed E-state index contributed by atoms with van der Waals surface area (Å²) in [5.41, 5.74) is 4.59. The van der Waals surface area contributed by atoms with E-state index in [1.54, 1.807) is 0 Å². The van der Waals surface area contributed by atoms with E-state index in [1.807, 2.05) is 63.3 Å². The number of hydrogen-bond acceptors (Lipinski definition) is 7. The van der Waals surface area contributed by atoms with Gasteiger partial charge in [0, 0.05) is 19.6 Å². The number of benzene rings is 1. The molecule has 0 radical (unpaired) electrons. The zero-order chi connectivity index (χ0) is 29.8. The molecular weight excluding hydrogens is 520 g/mol. The molecule has 0 aromatic heterocycles. The molecule has 3 rings (SSSR count). The molecule has 0 aliphatic carbocycles. The predicted molar refractivity (Wildman–Crippen MR) is 160 cm³/mol. The third-order valence-corrected chi connectivity index (χ3v) is 8.23. The van der Waals surface area contributed by atoms with Crippen LogP contribution in [0.15, 0.2) is 36.4 Å². The van der Waals surface area contributed by atoms with Gasteiger partial charge < -0.3 is 4.74 Å². The summed E-state index contributed by atoms with van der Waals surface area (Å²) in [6, 6.07) is 9.01. The largest absolute Gasteiger partial charge is 0.350 e. The fourth-order valence-corrected chi connectivity index (χ4v) is 6.31. The number of nitrogens with zero attached hydrogens (tertiary/aromatic N) is 1. The number of ether oxygens (including phenoxy) is 1. The van der Waals surface area contributed by atoms with Gasteiger partial charge in [-0.05, 0) is 62.5 Å². The van der Waals surface area contributed by atoms with Crippen molar-refractivity contribution in [2.24, 2.45) is 29.0 Å². The number of likely N-dealkylation sites (tertiary alicyclic amines) is 1. The van der Waals surface area contributed by atoms with Gasteiger partial charge in [-0.25, -0.2) is 16.2 Å². The molecule has 1 aromatic carbocycles. The van der Waals surface area contributed by atoms with Gasteiger partial charge in [-0.15, -0.1) is 0 Å². The van der Waals surface area contributed by atoms with Crippen LogP contribution < -0.4 is 16.7 Å². The molecule has 3 unspecified atom stereocenters. The molecule has 2 heterocycles. The van der Waals surface area contributed by atoms with Crippen LogP contribution in [0.4, 0.5) is 0 Å². The Kier molecular flexibility index (Phi) is 13.0. The smallest absolute Gasteiger partial charge is 0.249 e. The van der Waals surface area contributed by atoms with Gasteiger partial charge in [0.2, 0.25) is 11.8 Å². The molecule has 2 aliphatic rings. The summed E-state index contributed by atoms with van der Waals surface area (Å²) in [7, 11) is 0. The number of carbonyl (C=O) groups is 3. The minimum absolute atomic E-state index is 0.0676. The highest BCUT2D eigenvalue weighted by Crippen LogP contribution is 2.39. The second-order valence-electron chi connectivity index (χ2n) is 12.1. The van der Waals surface area contributed by atoms with Gasteiger partial charge in [0.25, 0.3) is 0 Å². The number of hydrazine groups is 1. The van der Waals surface area contributed by atoms with Crippen LogP contribution in [0.3, 0.4) is 0 Å². The molecule has 2 amide bonds. The lowest BCUT2D eigenvalue weighted by molar-refractivity contribution is -0.203. The highest BCUT2D eigenvalue weighted by Gasteiger charge is 2.52. The Morgan fingerprint density at radius 2 is 1.95 bits per heavy atom. The Labute approximate surface area is 245 Å². The third kappa shape index (κ3) is 8.95. The maximum atomic E-state index is 14.8. The van der Waals surface area contributed by atoms with E-state index in [0.717, 1.165) is 24.8 Å². The molecule has 0 saturated carbocycles. The molecule has 9 heteroatoms. The lowest BCUT2D eigenvalue weighted by Crippen LogP contribution is -2.59. The maximum Gasteiger partial charge on any atom is 0.249 e. The molecular formula is C32H50N4O5. The van der Waals surface area contributed by atoms with Gasteiger partial charge in [0.05, 0.1) is 12.0 Å². The minimum atomic E-state index is -1.34. The van der Waals surface area contributed by atoms with Crippen molar-refractivity contribution in [2.75, 3.05) is 19.7 Å². The molecule has 5 atom stereocenters. The van der Waals surface area contributed by atoms with Crippen molar-refractivity contribution in [3.8, 4) is 0 Å². The molecule has 0 bridgehead atoms. The molecule has 2 saturated heterocycles. The van der Waals surface area contributed by atoms with E-state index < -0.39 is 35.5 Å². The van der Waals surface area contributed by atoms with Crippen molar-refractivity contribution in [3.63, 3.8) is 0 Å². The van der Waals surface area contributed by atoms with Crippen LogP contribution in [-0.2, 0) is 24.0 Å². The number of ketones is 1. The first-order valence-corrected chi connectivity index (χ1v) is 15.3. The first-order chi connectivity index (χ1) is 19.7. The molecule has 4 N–H and O–H groups in total. The van der Waals surface area contributed by atoms with E-state index in [-0.39, 0.29) is 11.7 Å². The highest BCUT2D eigenvalue weighted by molar-refractivity contribution is 6.09.